The monoisotopic (exact) mass is 409 g/mol. The van der Waals surface area contributed by atoms with Crippen molar-refractivity contribution in [2.24, 2.45) is 5.73 Å². The predicted molar refractivity (Wildman–Crippen MR) is 109 cm³/mol. The molecule has 9 heteroatoms. The zero-order chi connectivity index (χ0) is 21.1. The van der Waals surface area contributed by atoms with Crippen molar-refractivity contribution in [1.29, 1.82) is 0 Å². The molecule has 4 rings (SSSR count). The minimum atomic E-state index is -0.607. The quantitative estimate of drug-likeness (QED) is 0.577. The number of pyridine rings is 1. The van der Waals surface area contributed by atoms with Crippen molar-refractivity contribution in [2.75, 3.05) is 18.5 Å². The number of amides is 3. The highest BCUT2D eigenvalue weighted by atomic mass is 16.5. The van der Waals surface area contributed by atoms with Crippen LogP contribution in [-0.2, 0) is 22.7 Å². The fourth-order valence-electron chi connectivity index (χ4n) is 3.68. The van der Waals surface area contributed by atoms with Crippen molar-refractivity contribution >= 4 is 23.5 Å². The molecule has 2 aliphatic rings. The Morgan fingerprint density at radius 3 is 2.90 bits per heavy atom. The molecule has 0 radical (unpaired) electrons. The van der Waals surface area contributed by atoms with Crippen LogP contribution in [0.25, 0.3) is 0 Å². The Morgan fingerprint density at radius 2 is 2.10 bits per heavy atom. The van der Waals surface area contributed by atoms with Gasteiger partial charge in [0, 0.05) is 43.9 Å². The number of anilines is 1. The van der Waals surface area contributed by atoms with Gasteiger partial charge in [-0.3, -0.25) is 19.7 Å². The summed E-state index contributed by atoms with van der Waals surface area (Å²) < 4.78 is 5.50. The maximum Gasteiger partial charge on any atom is 0.255 e. The second-order valence-electron chi connectivity index (χ2n) is 7.26. The molecule has 2 aromatic rings. The van der Waals surface area contributed by atoms with E-state index in [4.69, 9.17) is 10.5 Å². The molecule has 1 aromatic heterocycles. The molecule has 4 N–H and O–H groups in total. The number of nitrogens with two attached hydrogens (primary N) is 1. The largest absolute Gasteiger partial charge is 0.492 e. The number of ether oxygens (including phenoxy) is 1. The number of carbonyl (C=O) groups is 3. The molecule has 0 aliphatic carbocycles. The number of hydrogen-bond donors (Lipinski definition) is 3. The maximum absolute atomic E-state index is 12.9. The standard InChI is InChI=1S/C21H23N5O4/c22-6-8-30-15-5-7-23-18(10-15)24-11-13-1-2-14-12-26(21(29)16(14)9-13)17-3-4-19(27)25-20(17)28/h1-2,5,7,9-10,17H,3-4,6,8,11-12,22H2,(H,23,24)(H,25,27,28). The number of carbonyl (C=O) groups excluding carboxylic acids is 3. The van der Waals surface area contributed by atoms with E-state index in [2.05, 4.69) is 15.6 Å². The van der Waals surface area contributed by atoms with E-state index in [0.29, 0.717) is 49.8 Å². The van der Waals surface area contributed by atoms with Crippen LogP contribution >= 0.6 is 0 Å². The SMILES string of the molecule is NCCOc1ccnc(NCc2ccc3c(c2)C(=O)N(C2CCC(=O)NC2=O)C3)c1. The van der Waals surface area contributed by atoms with Crippen LogP contribution in [0.4, 0.5) is 5.82 Å². The van der Waals surface area contributed by atoms with Gasteiger partial charge in [-0.2, -0.15) is 0 Å². The van der Waals surface area contributed by atoms with Crippen molar-refractivity contribution in [1.82, 2.24) is 15.2 Å². The van der Waals surface area contributed by atoms with Gasteiger partial charge in [0.2, 0.25) is 11.8 Å². The lowest BCUT2D eigenvalue weighted by atomic mass is 10.0. The number of imide groups is 1. The smallest absolute Gasteiger partial charge is 0.255 e. The van der Waals surface area contributed by atoms with Crippen LogP contribution in [0.2, 0.25) is 0 Å². The first-order chi connectivity index (χ1) is 14.5. The van der Waals surface area contributed by atoms with Crippen LogP contribution in [0.3, 0.4) is 0 Å². The molecule has 2 aliphatic heterocycles. The molecule has 3 heterocycles. The summed E-state index contributed by atoms with van der Waals surface area (Å²) in [6, 6.07) is 8.64. The Balaban J connectivity index is 1.42. The summed E-state index contributed by atoms with van der Waals surface area (Å²) in [5.74, 6) is 0.456. The molecular weight excluding hydrogens is 386 g/mol. The molecule has 1 fully saturated rings. The highest BCUT2D eigenvalue weighted by molar-refractivity contribution is 6.05. The van der Waals surface area contributed by atoms with Gasteiger partial charge in [0.05, 0.1) is 0 Å². The van der Waals surface area contributed by atoms with Gasteiger partial charge in [-0.25, -0.2) is 4.98 Å². The third-order valence-electron chi connectivity index (χ3n) is 5.18. The van der Waals surface area contributed by atoms with Crippen LogP contribution in [0, 0.1) is 0 Å². The Kier molecular flexibility index (Phi) is 5.62. The van der Waals surface area contributed by atoms with Crippen molar-refractivity contribution in [3.05, 3.63) is 53.2 Å². The Labute approximate surface area is 173 Å². The first kappa shape index (κ1) is 19.8. The molecule has 1 saturated heterocycles. The Bertz CT molecular complexity index is 993. The van der Waals surface area contributed by atoms with Gasteiger partial charge in [-0.1, -0.05) is 12.1 Å². The number of hydrogen-bond acceptors (Lipinski definition) is 7. The molecule has 1 atom stereocenters. The summed E-state index contributed by atoms with van der Waals surface area (Å²) in [5.41, 5.74) is 7.84. The summed E-state index contributed by atoms with van der Waals surface area (Å²) in [6.07, 6.45) is 2.25. The summed E-state index contributed by atoms with van der Waals surface area (Å²) in [4.78, 5) is 42.2. The predicted octanol–water partition coefficient (Wildman–Crippen LogP) is 0.792. The molecule has 1 unspecified atom stereocenters. The molecule has 1 aromatic carbocycles. The van der Waals surface area contributed by atoms with Crippen molar-refractivity contribution in [3.8, 4) is 5.75 Å². The normalized spacial score (nSPS) is 18.2. The third kappa shape index (κ3) is 4.11. The van der Waals surface area contributed by atoms with Crippen molar-refractivity contribution in [2.45, 2.75) is 32.0 Å². The highest BCUT2D eigenvalue weighted by Gasteiger charge is 2.39. The van der Waals surface area contributed by atoms with E-state index in [1.54, 1.807) is 23.2 Å². The topological polar surface area (TPSA) is 127 Å². The zero-order valence-corrected chi connectivity index (χ0v) is 16.4. The third-order valence-corrected chi connectivity index (χ3v) is 5.18. The van der Waals surface area contributed by atoms with Crippen LogP contribution in [0.15, 0.2) is 36.5 Å². The summed E-state index contributed by atoms with van der Waals surface area (Å²) >= 11 is 0. The lowest BCUT2D eigenvalue weighted by Crippen LogP contribution is -2.52. The van der Waals surface area contributed by atoms with Crippen molar-refractivity contribution in [3.63, 3.8) is 0 Å². The minimum absolute atomic E-state index is 0.184. The molecule has 0 bridgehead atoms. The van der Waals surface area contributed by atoms with Gasteiger partial charge in [0.1, 0.15) is 24.2 Å². The van der Waals surface area contributed by atoms with Crippen LogP contribution < -0.4 is 21.1 Å². The molecule has 0 saturated carbocycles. The highest BCUT2D eigenvalue weighted by Crippen LogP contribution is 2.28. The lowest BCUT2D eigenvalue weighted by Gasteiger charge is -2.29. The van der Waals surface area contributed by atoms with Crippen LogP contribution in [0.1, 0.15) is 34.3 Å². The second-order valence-corrected chi connectivity index (χ2v) is 7.26. The van der Waals surface area contributed by atoms with E-state index in [1.807, 2.05) is 18.2 Å². The van der Waals surface area contributed by atoms with Crippen LogP contribution in [-0.4, -0.2) is 46.8 Å². The van der Waals surface area contributed by atoms with E-state index < -0.39 is 11.9 Å². The number of piperidine rings is 1. The van der Waals surface area contributed by atoms with E-state index in [-0.39, 0.29) is 18.2 Å². The zero-order valence-electron chi connectivity index (χ0n) is 16.4. The molecule has 9 nitrogen and oxygen atoms in total. The Hall–Kier alpha value is -3.46. The van der Waals surface area contributed by atoms with E-state index in [1.165, 1.54) is 0 Å². The minimum Gasteiger partial charge on any atom is -0.492 e. The lowest BCUT2D eigenvalue weighted by molar-refractivity contribution is -0.136. The molecular formula is C21H23N5O4. The van der Waals surface area contributed by atoms with Gasteiger partial charge in [-0.15, -0.1) is 0 Å². The molecule has 30 heavy (non-hydrogen) atoms. The van der Waals surface area contributed by atoms with Crippen LogP contribution in [0.5, 0.6) is 5.75 Å². The molecule has 0 spiro atoms. The van der Waals surface area contributed by atoms with E-state index >= 15 is 0 Å². The first-order valence-electron chi connectivity index (χ1n) is 9.84. The van der Waals surface area contributed by atoms with E-state index in [9.17, 15) is 14.4 Å². The van der Waals surface area contributed by atoms with Gasteiger partial charge in [0.15, 0.2) is 0 Å². The van der Waals surface area contributed by atoms with Gasteiger partial charge < -0.3 is 20.7 Å². The van der Waals surface area contributed by atoms with Gasteiger partial charge in [-0.05, 0) is 29.7 Å². The molecule has 3 amide bonds. The van der Waals surface area contributed by atoms with Gasteiger partial charge in [0.25, 0.3) is 5.91 Å². The van der Waals surface area contributed by atoms with Gasteiger partial charge >= 0.3 is 0 Å². The number of rotatable bonds is 7. The second kappa shape index (κ2) is 8.50. The number of aromatic nitrogens is 1. The molecule has 156 valence electrons. The fraction of sp³-hybridized carbons (Fsp3) is 0.333. The maximum atomic E-state index is 12.9. The Morgan fingerprint density at radius 1 is 1.23 bits per heavy atom. The number of nitrogens with one attached hydrogen (secondary N) is 2. The number of benzene rings is 1. The fourth-order valence-corrected chi connectivity index (χ4v) is 3.68. The first-order valence-corrected chi connectivity index (χ1v) is 9.84. The summed E-state index contributed by atoms with van der Waals surface area (Å²) in [7, 11) is 0. The summed E-state index contributed by atoms with van der Waals surface area (Å²) in [6.45, 7) is 1.71. The van der Waals surface area contributed by atoms with Crippen molar-refractivity contribution < 1.29 is 19.1 Å². The number of nitrogens with zero attached hydrogens (tertiary/aromatic N) is 2. The average molecular weight is 409 g/mol. The van der Waals surface area contributed by atoms with E-state index in [0.717, 1.165) is 11.1 Å². The average Bonchev–Trinajstić information content (AvgIpc) is 3.07. The number of fused-ring (bicyclic) bond motifs is 1. The summed E-state index contributed by atoms with van der Waals surface area (Å²) in [5, 5.41) is 5.54.